The first-order valence-corrected chi connectivity index (χ1v) is 7.71. The molecule has 0 saturated carbocycles. The van der Waals surface area contributed by atoms with Crippen molar-refractivity contribution in [1.82, 2.24) is 0 Å². The molecule has 2 nitrogen and oxygen atoms in total. The molecule has 0 aliphatic rings. The van der Waals surface area contributed by atoms with Crippen LogP contribution < -0.4 is 0 Å². The molecule has 0 radical (unpaired) electrons. The summed E-state index contributed by atoms with van der Waals surface area (Å²) >= 11 is 4.68. The lowest BCUT2D eigenvalue weighted by molar-refractivity contribution is 0.329. The van der Waals surface area contributed by atoms with Gasteiger partial charge in [0.25, 0.3) is 0 Å². The average Bonchev–Trinajstić information content (AvgIpc) is 2.17. The van der Waals surface area contributed by atoms with Gasteiger partial charge in [0.1, 0.15) is 0 Å². The number of nitrogens with zero attached hydrogens (tertiary/aromatic N) is 2. The second kappa shape index (κ2) is 9.97. The first-order valence-electron chi connectivity index (χ1n) is 4.66. The largest absolute Gasteiger partial charge is 0.198 e. The molecule has 0 rings (SSSR count). The fraction of sp³-hybridized carbons (Fsp3) is 0.800. The molecule has 2 atom stereocenters. The van der Waals surface area contributed by atoms with Crippen LogP contribution in [0, 0.1) is 34.5 Å². The molecule has 0 aromatic rings. The molecule has 78 valence electrons. The Morgan fingerprint density at radius 2 is 1.21 bits per heavy atom. The van der Waals surface area contributed by atoms with Crippen LogP contribution in [0.25, 0.3) is 0 Å². The third kappa shape index (κ3) is 6.02. The number of rotatable bonds is 7. The van der Waals surface area contributed by atoms with Gasteiger partial charge in [0.2, 0.25) is 0 Å². The van der Waals surface area contributed by atoms with Gasteiger partial charge in [0.05, 0.1) is 12.1 Å². The third-order valence-electron chi connectivity index (χ3n) is 2.33. The Bertz CT molecular complexity index is 193. The molecule has 0 aromatic heterocycles. The summed E-state index contributed by atoms with van der Waals surface area (Å²) in [4.78, 5) is 0. The van der Waals surface area contributed by atoms with Gasteiger partial charge in [-0.1, -0.05) is 45.2 Å². The molecule has 4 heteroatoms. The van der Waals surface area contributed by atoms with E-state index >= 15 is 0 Å². The summed E-state index contributed by atoms with van der Waals surface area (Å²) in [7, 11) is 0. The van der Waals surface area contributed by atoms with Crippen LogP contribution in [-0.2, 0) is 0 Å². The second-order valence-electron chi connectivity index (χ2n) is 3.20. The summed E-state index contributed by atoms with van der Waals surface area (Å²) in [6, 6.07) is 4.47. The standard InChI is InChI=1S/C10H14I2N2/c11-5-1-9(3-7-13)10(2-6-12)4-8-14/h9-10H,1-6H2/t9-,10-/m1/s1. The van der Waals surface area contributed by atoms with Crippen LogP contribution in [0.1, 0.15) is 25.7 Å². The second-order valence-corrected chi connectivity index (χ2v) is 5.36. The van der Waals surface area contributed by atoms with Crippen molar-refractivity contribution >= 4 is 45.2 Å². The van der Waals surface area contributed by atoms with E-state index < -0.39 is 0 Å². The summed E-state index contributed by atoms with van der Waals surface area (Å²) in [6.07, 6.45) is 3.34. The van der Waals surface area contributed by atoms with E-state index in [9.17, 15) is 0 Å². The van der Waals surface area contributed by atoms with Gasteiger partial charge >= 0.3 is 0 Å². The molecule has 0 aliphatic carbocycles. The molecule has 0 heterocycles. The fourth-order valence-electron chi connectivity index (χ4n) is 1.52. The minimum Gasteiger partial charge on any atom is -0.198 e. The topological polar surface area (TPSA) is 47.6 Å². The van der Waals surface area contributed by atoms with Crippen LogP contribution in [-0.4, -0.2) is 8.86 Å². The Hall–Kier alpha value is 0.440. The lowest BCUT2D eigenvalue weighted by atomic mass is 9.84. The van der Waals surface area contributed by atoms with Crippen molar-refractivity contribution in [1.29, 1.82) is 10.5 Å². The molecule has 0 aromatic carbocycles. The van der Waals surface area contributed by atoms with Gasteiger partial charge in [-0.15, -0.1) is 0 Å². The molecule has 0 unspecified atom stereocenters. The first-order chi connectivity index (χ1) is 6.79. The average molecular weight is 416 g/mol. The predicted octanol–water partition coefficient (Wildman–Crippen LogP) is 3.70. The van der Waals surface area contributed by atoms with Gasteiger partial charge in [0, 0.05) is 12.8 Å². The van der Waals surface area contributed by atoms with E-state index in [1.165, 1.54) is 0 Å². The van der Waals surface area contributed by atoms with Gasteiger partial charge in [-0.3, -0.25) is 0 Å². The van der Waals surface area contributed by atoms with Gasteiger partial charge in [-0.2, -0.15) is 10.5 Å². The van der Waals surface area contributed by atoms with Crippen LogP contribution in [0.4, 0.5) is 0 Å². The minimum atomic E-state index is 0.423. The van der Waals surface area contributed by atoms with E-state index in [-0.39, 0.29) is 0 Å². The van der Waals surface area contributed by atoms with Gasteiger partial charge < -0.3 is 0 Å². The molecular weight excluding hydrogens is 402 g/mol. The molecule has 0 bridgehead atoms. The van der Waals surface area contributed by atoms with E-state index in [1.807, 2.05) is 0 Å². The molecule has 0 saturated heterocycles. The minimum absolute atomic E-state index is 0.423. The zero-order valence-electron chi connectivity index (χ0n) is 8.05. The van der Waals surface area contributed by atoms with Crippen LogP contribution in [0.2, 0.25) is 0 Å². The molecule has 0 spiro atoms. The number of halogens is 2. The van der Waals surface area contributed by atoms with Crippen molar-refractivity contribution in [2.45, 2.75) is 25.7 Å². The van der Waals surface area contributed by atoms with Gasteiger partial charge in [-0.05, 0) is 33.5 Å². The van der Waals surface area contributed by atoms with E-state index in [0.29, 0.717) is 24.7 Å². The highest BCUT2D eigenvalue weighted by molar-refractivity contribution is 14.1. The smallest absolute Gasteiger partial charge is 0.0624 e. The molecule has 0 aliphatic heterocycles. The number of hydrogen-bond donors (Lipinski definition) is 0. The van der Waals surface area contributed by atoms with Crippen LogP contribution in [0.5, 0.6) is 0 Å². The SMILES string of the molecule is N#CC[C@@H](CCI)[C@@H](CC#N)CCI. The van der Waals surface area contributed by atoms with E-state index in [2.05, 4.69) is 57.3 Å². The quantitative estimate of drug-likeness (QED) is 0.470. The molecular formula is C10H14I2N2. The van der Waals surface area contributed by atoms with Crippen LogP contribution in [0.3, 0.4) is 0 Å². The normalized spacial score (nSPS) is 14.0. The maximum Gasteiger partial charge on any atom is 0.0624 e. The van der Waals surface area contributed by atoms with Crippen molar-refractivity contribution in [3.63, 3.8) is 0 Å². The number of alkyl halides is 2. The number of hydrogen-bond acceptors (Lipinski definition) is 2. The van der Waals surface area contributed by atoms with E-state index in [0.717, 1.165) is 21.7 Å². The van der Waals surface area contributed by atoms with Crippen molar-refractivity contribution in [2.24, 2.45) is 11.8 Å². The highest BCUT2D eigenvalue weighted by Crippen LogP contribution is 2.27. The highest BCUT2D eigenvalue weighted by Gasteiger charge is 2.19. The Labute approximate surface area is 113 Å². The van der Waals surface area contributed by atoms with Gasteiger partial charge in [0.15, 0.2) is 0 Å². The number of nitriles is 2. The maximum atomic E-state index is 8.71. The van der Waals surface area contributed by atoms with Crippen LogP contribution >= 0.6 is 45.2 Å². The van der Waals surface area contributed by atoms with Crippen molar-refractivity contribution in [3.05, 3.63) is 0 Å². The Morgan fingerprint density at radius 3 is 1.43 bits per heavy atom. The molecule has 14 heavy (non-hydrogen) atoms. The third-order valence-corrected chi connectivity index (χ3v) is 3.58. The molecule has 0 fully saturated rings. The van der Waals surface area contributed by atoms with Gasteiger partial charge in [-0.25, -0.2) is 0 Å². The summed E-state index contributed by atoms with van der Waals surface area (Å²) < 4.78 is 2.15. The van der Waals surface area contributed by atoms with E-state index in [1.54, 1.807) is 0 Å². The maximum absolute atomic E-state index is 8.71. The van der Waals surface area contributed by atoms with Crippen molar-refractivity contribution < 1.29 is 0 Å². The Kier molecular flexibility index (Phi) is 10.3. The Morgan fingerprint density at radius 1 is 0.857 bits per heavy atom. The molecule has 0 amide bonds. The monoisotopic (exact) mass is 416 g/mol. The summed E-state index contributed by atoms with van der Waals surface area (Å²) in [5.41, 5.74) is 0. The fourth-order valence-corrected chi connectivity index (χ4v) is 3.12. The summed E-state index contributed by atoms with van der Waals surface area (Å²) in [5.74, 6) is 0.845. The zero-order valence-corrected chi connectivity index (χ0v) is 12.4. The highest BCUT2D eigenvalue weighted by atomic mass is 127. The van der Waals surface area contributed by atoms with Crippen LogP contribution in [0.15, 0.2) is 0 Å². The summed E-state index contributed by atoms with van der Waals surface area (Å²) in [5, 5.41) is 17.4. The van der Waals surface area contributed by atoms with Crippen molar-refractivity contribution in [2.75, 3.05) is 8.86 Å². The lowest BCUT2D eigenvalue weighted by Gasteiger charge is -2.21. The lowest BCUT2D eigenvalue weighted by Crippen LogP contribution is -2.15. The van der Waals surface area contributed by atoms with E-state index in [4.69, 9.17) is 10.5 Å². The zero-order chi connectivity index (χ0) is 10.8. The molecule has 0 N–H and O–H groups in total. The Balaban J connectivity index is 4.23. The summed E-state index contributed by atoms with van der Waals surface area (Å²) in [6.45, 7) is 0. The first kappa shape index (κ1) is 14.4. The predicted molar refractivity (Wildman–Crippen MR) is 74.4 cm³/mol. The van der Waals surface area contributed by atoms with Crippen molar-refractivity contribution in [3.8, 4) is 12.1 Å².